The molecule has 0 saturated carbocycles. The minimum Gasteiger partial charge on any atom is -0.264 e. The SMILES string of the molecule is Clc1cccc(-c2nnnn2Cc2cccnc2)c1. The van der Waals surface area contributed by atoms with Crippen LogP contribution in [0.4, 0.5) is 0 Å². The van der Waals surface area contributed by atoms with Crippen molar-refractivity contribution >= 4 is 11.6 Å². The summed E-state index contributed by atoms with van der Waals surface area (Å²) in [4.78, 5) is 4.08. The third kappa shape index (κ3) is 2.61. The molecule has 94 valence electrons. The summed E-state index contributed by atoms with van der Waals surface area (Å²) in [6.45, 7) is 0.572. The van der Waals surface area contributed by atoms with E-state index in [1.165, 1.54) is 0 Å². The van der Waals surface area contributed by atoms with E-state index >= 15 is 0 Å². The molecule has 0 radical (unpaired) electrons. The highest BCUT2D eigenvalue weighted by Crippen LogP contribution is 2.20. The fourth-order valence-corrected chi connectivity index (χ4v) is 2.00. The van der Waals surface area contributed by atoms with Gasteiger partial charge in [-0.05, 0) is 34.2 Å². The van der Waals surface area contributed by atoms with E-state index in [0.29, 0.717) is 17.4 Å². The molecule has 0 bridgehead atoms. The minimum atomic E-state index is 0.572. The molecular weight excluding hydrogens is 262 g/mol. The smallest absolute Gasteiger partial charge is 0.182 e. The van der Waals surface area contributed by atoms with Crippen LogP contribution in [0.25, 0.3) is 11.4 Å². The van der Waals surface area contributed by atoms with Crippen molar-refractivity contribution in [2.75, 3.05) is 0 Å². The number of hydrogen-bond donors (Lipinski definition) is 0. The molecule has 0 aliphatic rings. The van der Waals surface area contributed by atoms with Crippen LogP contribution in [0.1, 0.15) is 5.56 Å². The number of aromatic nitrogens is 5. The molecule has 0 unspecified atom stereocenters. The second-order valence-electron chi connectivity index (χ2n) is 4.03. The highest BCUT2D eigenvalue weighted by molar-refractivity contribution is 6.30. The average molecular weight is 272 g/mol. The lowest BCUT2D eigenvalue weighted by Crippen LogP contribution is -2.04. The normalized spacial score (nSPS) is 10.6. The van der Waals surface area contributed by atoms with E-state index in [9.17, 15) is 0 Å². The molecule has 3 rings (SSSR count). The summed E-state index contributed by atoms with van der Waals surface area (Å²) in [7, 11) is 0. The molecule has 5 nitrogen and oxygen atoms in total. The van der Waals surface area contributed by atoms with Gasteiger partial charge in [0.1, 0.15) is 0 Å². The zero-order valence-corrected chi connectivity index (χ0v) is 10.7. The fourth-order valence-electron chi connectivity index (χ4n) is 1.81. The first kappa shape index (κ1) is 11.8. The summed E-state index contributed by atoms with van der Waals surface area (Å²) in [6, 6.07) is 11.3. The second kappa shape index (κ2) is 5.16. The molecule has 0 fully saturated rings. The van der Waals surface area contributed by atoms with Crippen molar-refractivity contribution < 1.29 is 0 Å². The summed E-state index contributed by atoms with van der Waals surface area (Å²) >= 11 is 5.99. The molecule has 0 amide bonds. The summed E-state index contributed by atoms with van der Waals surface area (Å²) < 4.78 is 1.72. The lowest BCUT2D eigenvalue weighted by Gasteiger charge is -2.04. The molecule has 0 saturated heterocycles. The quantitative estimate of drug-likeness (QED) is 0.734. The van der Waals surface area contributed by atoms with E-state index in [4.69, 9.17) is 11.6 Å². The Morgan fingerprint density at radius 1 is 1.16 bits per heavy atom. The predicted molar refractivity (Wildman–Crippen MR) is 71.6 cm³/mol. The molecule has 2 heterocycles. The largest absolute Gasteiger partial charge is 0.264 e. The van der Waals surface area contributed by atoms with Gasteiger partial charge in [0.2, 0.25) is 0 Å². The molecule has 6 heteroatoms. The van der Waals surface area contributed by atoms with Gasteiger partial charge in [-0.2, -0.15) is 0 Å². The monoisotopic (exact) mass is 271 g/mol. The van der Waals surface area contributed by atoms with Gasteiger partial charge in [0.25, 0.3) is 0 Å². The van der Waals surface area contributed by atoms with E-state index < -0.39 is 0 Å². The van der Waals surface area contributed by atoms with Gasteiger partial charge in [0, 0.05) is 23.0 Å². The van der Waals surface area contributed by atoms with Gasteiger partial charge in [-0.25, -0.2) is 4.68 Å². The molecule has 0 spiro atoms. The Kier molecular flexibility index (Phi) is 3.20. The van der Waals surface area contributed by atoms with Crippen molar-refractivity contribution in [1.82, 2.24) is 25.2 Å². The summed E-state index contributed by atoms with van der Waals surface area (Å²) in [5.74, 6) is 0.686. The van der Waals surface area contributed by atoms with Gasteiger partial charge < -0.3 is 0 Å². The lowest BCUT2D eigenvalue weighted by molar-refractivity contribution is 0.652. The Balaban J connectivity index is 1.95. The molecule has 19 heavy (non-hydrogen) atoms. The van der Waals surface area contributed by atoms with Gasteiger partial charge in [-0.1, -0.05) is 29.8 Å². The first-order valence-electron chi connectivity index (χ1n) is 5.74. The molecular formula is C13H10ClN5. The third-order valence-electron chi connectivity index (χ3n) is 2.67. The molecule has 0 N–H and O–H groups in total. The number of rotatable bonds is 3. The average Bonchev–Trinajstić information content (AvgIpc) is 2.88. The van der Waals surface area contributed by atoms with Crippen LogP contribution in [-0.2, 0) is 6.54 Å². The van der Waals surface area contributed by atoms with Crippen molar-refractivity contribution in [3.05, 3.63) is 59.4 Å². The zero-order chi connectivity index (χ0) is 13.1. The van der Waals surface area contributed by atoms with E-state index in [-0.39, 0.29) is 0 Å². The van der Waals surface area contributed by atoms with Crippen LogP contribution < -0.4 is 0 Å². The summed E-state index contributed by atoms with van der Waals surface area (Å²) in [6.07, 6.45) is 3.53. The van der Waals surface area contributed by atoms with E-state index in [1.54, 1.807) is 17.1 Å². The van der Waals surface area contributed by atoms with E-state index in [0.717, 1.165) is 11.1 Å². The van der Waals surface area contributed by atoms with Gasteiger partial charge in [0.15, 0.2) is 5.82 Å². The van der Waals surface area contributed by atoms with Crippen molar-refractivity contribution in [1.29, 1.82) is 0 Å². The number of halogens is 1. The molecule has 1 aromatic carbocycles. The van der Waals surface area contributed by atoms with Gasteiger partial charge in [-0.15, -0.1) is 5.10 Å². The number of hydrogen-bond acceptors (Lipinski definition) is 4. The van der Waals surface area contributed by atoms with Crippen LogP contribution in [-0.4, -0.2) is 25.2 Å². The van der Waals surface area contributed by atoms with Crippen LogP contribution in [0.3, 0.4) is 0 Å². The maximum Gasteiger partial charge on any atom is 0.182 e. The second-order valence-corrected chi connectivity index (χ2v) is 4.47. The fraction of sp³-hybridized carbons (Fsp3) is 0.0769. The molecule has 0 aliphatic heterocycles. The highest BCUT2D eigenvalue weighted by atomic mass is 35.5. The maximum atomic E-state index is 5.99. The Bertz CT molecular complexity index is 680. The Morgan fingerprint density at radius 2 is 2.11 bits per heavy atom. The Hall–Kier alpha value is -2.27. The van der Waals surface area contributed by atoms with Crippen LogP contribution in [0.5, 0.6) is 0 Å². The number of pyridine rings is 1. The molecule has 3 aromatic rings. The van der Waals surface area contributed by atoms with Gasteiger partial charge in [0.05, 0.1) is 6.54 Å². The van der Waals surface area contributed by atoms with Crippen molar-refractivity contribution in [2.45, 2.75) is 6.54 Å². The Labute approximate surface area is 114 Å². The number of nitrogens with zero attached hydrogens (tertiary/aromatic N) is 5. The highest BCUT2D eigenvalue weighted by Gasteiger charge is 2.09. The number of tetrazole rings is 1. The summed E-state index contributed by atoms with van der Waals surface area (Å²) in [5.41, 5.74) is 1.93. The van der Waals surface area contributed by atoms with Crippen LogP contribution >= 0.6 is 11.6 Å². The third-order valence-corrected chi connectivity index (χ3v) is 2.90. The predicted octanol–water partition coefficient (Wildman–Crippen LogP) is 2.44. The molecule has 0 atom stereocenters. The van der Waals surface area contributed by atoms with E-state index in [2.05, 4.69) is 20.5 Å². The van der Waals surface area contributed by atoms with Gasteiger partial charge >= 0.3 is 0 Å². The number of benzene rings is 1. The first-order chi connectivity index (χ1) is 9.33. The Morgan fingerprint density at radius 3 is 2.89 bits per heavy atom. The van der Waals surface area contributed by atoms with Crippen molar-refractivity contribution in [3.63, 3.8) is 0 Å². The topological polar surface area (TPSA) is 56.5 Å². The van der Waals surface area contributed by atoms with Gasteiger partial charge in [-0.3, -0.25) is 4.98 Å². The minimum absolute atomic E-state index is 0.572. The van der Waals surface area contributed by atoms with Crippen LogP contribution in [0.2, 0.25) is 5.02 Å². The van der Waals surface area contributed by atoms with Crippen LogP contribution in [0.15, 0.2) is 48.8 Å². The van der Waals surface area contributed by atoms with E-state index in [1.807, 2.05) is 36.4 Å². The molecule has 2 aromatic heterocycles. The summed E-state index contributed by atoms with van der Waals surface area (Å²) in [5, 5.41) is 12.4. The van der Waals surface area contributed by atoms with Crippen LogP contribution in [0, 0.1) is 0 Å². The zero-order valence-electron chi connectivity index (χ0n) is 9.94. The first-order valence-corrected chi connectivity index (χ1v) is 6.12. The standard InChI is InChI=1S/C13H10ClN5/c14-12-5-1-4-11(7-12)13-16-17-18-19(13)9-10-3-2-6-15-8-10/h1-8H,9H2. The lowest BCUT2D eigenvalue weighted by atomic mass is 10.2. The van der Waals surface area contributed by atoms with Crippen molar-refractivity contribution in [2.24, 2.45) is 0 Å². The molecule has 0 aliphatic carbocycles. The maximum absolute atomic E-state index is 5.99. The van der Waals surface area contributed by atoms with Crippen molar-refractivity contribution in [3.8, 4) is 11.4 Å².